The van der Waals surface area contributed by atoms with Crippen molar-refractivity contribution in [3.63, 3.8) is 0 Å². The summed E-state index contributed by atoms with van der Waals surface area (Å²) in [5.41, 5.74) is 1.08. The zero-order chi connectivity index (χ0) is 8.81. The van der Waals surface area contributed by atoms with Crippen LogP contribution in [0.25, 0.3) is 0 Å². The number of anilines is 1. The Kier molecular flexibility index (Phi) is 3.80. The minimum Gasteiger partial charge on any atom is -0.384 e. The van der Waals surface area contributed by atoms with Crippen LogP contribution in [0.3, 0.4) is 0 Å². The minimum absolute atomic E-state index is 0.909. The number of nitrogens with one attached hydrogen (secondary N) is 1. The van der Waals surface area contributed by atoms with E-state index in [2.05, 4.69) is 32.8 Å². The highest BCUT2D eigenvalue weighted by molar-refractivity contribution is 9.10. The normalized spacial score (nSPS) is 9.42. The number of hydrogen-bond acceptors (Lipinski definition) is 2. The molecule has 64 valence electrons. The molecule has 1 heterocycles. The van der Waals surface area contributed by atoms with Crippen molar-refractivity contribution in [2.24, 2.45) is 0 Å². The molecule has 0 saturated heterocycles. The molecule has 0 aromatic carbocycles. The molecule has 0 spiro atoms. The van der Waals surface area contributed by atoms with Crippen LogP contribution >= 0.6 is 15.9 Å². The third kappa shape index (κ3) is 2.66. The van der Waals surface area contributed by atoms with Crippen molar-refractivity contribution < 1.29 is 0 Å². The first kappa shape index (κ1) is 9.26. The van der Waals surface area contributed by atoms with Gasteiger partial charge in [0.25, 0.3) is 0 Å². The lowest BCUT2D eigenvalue weighted by molar-refractivity contribution is 1.07. The van der Waals surface area contributed by atoms with Crippen molar-refractivity contribution in [1.82, 2.24) is 4.98 Å². The second kappa shape index (κ2) is 4.93. The SMILES string of the molecule is C=CCCNc1ccncc1Br. The van der Waals surface area contributed by atoms with E-state index in [9.17, 15) is 0 Å². The first-order valence-corrected chi connectivity index (χ1v) is 4.58. The van der Waals surface area contributed by atoms with Gasteiger partial charge in [0.2, 0.25) is 0 Å². The predicted octanol–water partition coefficient (Wildman–Crippen LogP) is 2.83. The molecule has 0 fully saturated rings. The van der Waals surface area contributed by atoms with E-state index in [1.807, 2.05) is 12.1 Å². The average molecular weight is 227 g/mol. The molecule has 1 aromatic rings. The molecule has 1 rings (SSSR count). The summed E-state index contributed by atoms with van der Waals surface area (Å²) in [5.74, 6) is 0. The quantitative estimate of drug-likeness (QED) is 0.631. The lowest BCUT2D eigenvalue weighted by Gasteiger charge is -2.05. The summed E-state index contributed by atoms with van der Waals surface area (Å²) in [6, 6.07) is 1.94. The summed E-state index contributed by atoms with van der Waals surface area (Å²) in [6.07, 6.45) is 6.40. The van der Waals surface area contributed by atoms with E-state index in [0.717, 1.165) is 23.1 Å². The molecule has 12 heavy (non-hydrogen) atoms. The van der Waals surface area contributed by atoms with Gasteiger partial charge < -0.3 is 5.32 Å². The van der Waals surface area contributed by atoms with Gasteiger partial charge in [0, 0.05) is 18.9 Å². The van der Waals surface area contributed by atoms with Gasteiger partial charge in [-0.1, -0.05) is 6.08 Å². The second-order valence-electron chi connectivity index (χ2n) is 2.36. The van der Waals surface area contributed by atoms with Gasteiger partial charge in [-0.15, -0.1) is 6.58 Å². The molecule has 0 saturated carbocycles. The molecule has 0 bridgehead atoms. The third-order valence-electron chi connectivity index (χ3n) is 1.44. The van der Waals surface area contributed by atoms with Crippen LogP contribution in [-0.2, 0) is 0 Å². The Balaban J connectivity index is 2.51. The van der Waals surface area contributed by atoms with Crippen LogP contribution < -0.4 is 5.32 Å². The summed E-state index contributed by atoms with van der Waals surface area (Å²) < 4.78 is 0.995. The second-order valence-corrected chi connectivity index (χ2v) is 3.21. The highest BCUT2D eigenvalue weighted by Gasteiger charge is 1.95. The van der Waals surface area contributed by atoms with Crippen molar-refractivity contribution in [1.29, 1.82) is 0 Å². The molecule has 0 aliphatic rings. The standard InChI is InChI=1S/C9H11BrN2/c1-2-3-5-12-9-4-6-11-7-8(9)10/h2,4,6-7H,1,3,5H2,(H,11,12). The van der Waals surface area contributed by atoms with Crippen molar-refractivity contribution in [3.8, 4) is 0 Å². The van der Waals surface area contributed by atoms with Crippen LogP contribution in [0.4, 0.5) is 5.69 Å². The maximum atomic E-state index is 3.97. The van der Waals surface area contributed by atoms with Gasteiger partial charge in [0.1, 0.15) is 0 Å². The Morgan fingerprint density at radius 2 is 2.50 bits per heavy atom. The molecular formula is C9H11BrN2. The minimum atomic E-state index is 0.909. The highest BCUT2D eigenvalue weighted by Crippen LogP contribution is 2.19. The van der Waals surface area contributed by atoms with Crippen molar-refractivity contribution >= 4 is 21.6 Å². The van der Waals surface area contributed by atoms with Crippen LogP contribution in [0.5, 0.6) is 0 Å². The monoisotopic (exact) mass is 226 g/mol. The summed E-state index contributed by atoms with van der Waals surface area (Å²) in [7, 11) is 0. The number of pyridine rings is 1. The molecule has 1 aromatic heterocycles. The Morgan fingerprint density at radius 1 is 1.67 bits per heavy atom. The van der Waals surface area contributed by atoms with Gasteiger partial charge in [-0.2, -0.15) is 0 Å². The zero-order valence-corrected chi connectivity index (χ0v) is 8.34. The molecule has 0 radical (unpaired) electrons. The number of nitrogens with zero attached hydrogens (tertiary/aromatic N) is 1. The van der Waals surface area contributed by atoms with E-state index >= 15 is 0 Å². The lowest BCUT2D eigenvalue weighted by atomic mass is 10.3. The Bertz CT molecular complexity index is 260. The smallest absolute Gasteiger partial charge is 0.0590 e. The van der Waals surface area contributed by atoms with Gasteiger partial charge in [0.15, 0.2) is 0 Å². The Labute approximate surface area is 80.8 Å². The summed E-state index contributed by atoms with van der Waals surface area (Å²) in [4.78, 5) is 3.97. The number of halogens is 1. The van der Waals surface area contributed by atoms with Gasteiger partial charge in [-0.3, -0.25) is 4.98 Å². The highest BCUT2D eigenvalue weighted by atomic mass is 79.9. The van der Waals surface area contributed by atoms with E-state index in [4.69, 9.17) is 0 Å². The molecule has 0 atom stereocenters. The Hall–Kier alpha value is -0.830. The number of aromatic nitrogens is 1. The molecule has 0 unspecified atom stereocenters. The molecule has 1 N–H and O–H groups in total. The fourth-order valence-electron chi connectivity index (χ4n) is 0.827. The van der Waals surface area contributed by atoms with E-state index in [-0.39, 0.29) is 0 Å². The maximum Gasteiger partial charge on any atom is 0.0590 e. The van der Waals surface area contributed by atoms with Crippen LogP contribution in [0, 0.1) is 0 Å². The van der Waals surface area contributed by atoms with Crippen molar-refractivity contribution in [3.05, 3.63) is 35.6 Å². The van der Waals surface area contributed by atoms with E-state index in [0.29, 0.717) is 0 Å². The summed E-state index contributed by atoms with van der Waals surface area (Å²) in [5, 5.41) is 3.26. The molecule has 0 aliphatic heterocycles. The van der Waals surface area contributed by atoms with Crippen LogP contribution in [-0.4, -0.2) is 11.5 Å². The largest absolute Gasteiger partial charge is 0.384 e. The fraction of sp³-hybridized carbons (Fsp3) is 0.222. The van der Waals surface area contributed by atoms with E-state index in [1.165, 1.54) is 0 Å². The van der Waals surface area contributed by atoms with Crippen molar-refractivity contribution in [2.75, 3.05) is 11.9 Å². The van der Waals surface area contributed by atoms with Crippen molar-refractivity contribution in [2.45, 2.75) is 6.42 Å². The number of rotatable bonds is 4. The summed E-state index contributed by atoms with van der Waals surface area (Å²) >= 11 is 3.40. The van der Waals surface area contributed by atoms with Gasteiger partial charge in [0.05, 0.1) is 10.2 Å². The predicted molar refractivity (Wildman–Crippen MR) is 55.2 cm³/mol. The van der Waals surface area contributed by atoms with E-state index in [1.54, 1.807) is 12.4 Å². The van der Waals surface area contributed by atoms with Gasteiger partial charge in [-0.05, 0) is 28.4 Å². The van der Waals surface area contributed by atoms with Crippen LogP contribution in [0.2, 0.25) is 0 Å². The van der Waals surface area contributed by atoms with E-state index < -0.39 is 0 Å². The molecule has 0 amide bonds. The third-order valence-corrected chi connectivity index (χ3v) is 2.07. The fourth-order valence-corrected chi connectivity index (χ4v) is 1.22. The lowest BCUT2D eigenvalue weighted by Crippen LogP contribution is -2.00. The molecule has 0 aliphatic carbocycles. The topological polar surface area (TPSA) is 24.9 Å². The summed E-state index contributed by atoms with van der Waals surface area (Å²) in [6.45, 7) is 4.56. The maximum absolute atomic E-state index is 3.97. The average Bonchev–Trinajstić information content (AvgIpc) is 2.09. The van der Waals surface area contributed by atoms with Gasteiger partial charge in [-0.25, -0.2) is 0 Å². The molecule has 3 heteroatoms. The zero-order valence-electron chi connectivity index (χ0n) is 6.76. The number of hydrogen-bond donors (Lipinski definition) is 1. The first-order valence-electron chi connectivity index (χ1n) is 3.79. The van der Waals surface area contributed by atoms with Crippen LogP contribution in [0.15, 0.2) is 35.6 Å². The van der Waals surface area contributed by atoms with Crippen LogP contribution in [0.1, 0.15) is 6.42 Å². The Morgan fingerprint density at radius 3 is 3.17 bits per heavy atom. The molecule has 2 nitrogen and oxygen atoms in total. The van der Waals surface area contributed by atoms with Gasteiger partial charge >= 0.3 is 0 Å². The molecular weight excluding hydrogens is 216 g/mol. The first-order chi connectivity index (χ1) is 5.84.